The van der Waals surface area contributed by atoms with Gasteiger partial charge in [-0.1, -0.05) is 30.3 Å². The number of alkyl carbamates (subject to hydrolysis) is 1. The fourth-order valence-electron chi connectivity index (χ4n) is 3.10. The number of hydrogen-bond donors (Lipinski definition) is 1. The number of amides is 2. The average Bonchev–Trinajstić information content (AvgIpc) is 3.10. The zero-order valence-corrected chi connectivity index (χ0v) is 19.3. The predicted octanol–water partition coefficient (Wildman–Crippen LogP) is 5.61. The SMILES string of the molecule is CC(C)(C)OC(=O)NC1=NC(=O)/C(=C/Cc2ccc3nccc(Oc4ccccc4)c3c2)S1. The third kappa shape index (κ3) is 5.98. The number of aromatic nitrogens is 1. The van der Waals surface area contributed by atoms with Crippen molar-refractivity contribution in [2.75, 3.05) is 0 Å². The molecule has 2 heterocycles. The second-order valence-corrected chi connectivity index (χ2v) is 9.33. The van der Waals surface area contributed by atoms with Crippen LogP contribution in [0.4, 0.5) is 4.79 Å². The van der Waals surface area contributed by atoms with Gasteiger partial charge in [0.1, 0.15) is 17.1 Å². The number of benzene rings is 2. The molecular weight excluding hydrogens is 438 g/mol. The predicted molar refractivity (Wildman–Crippen MR) is 129 cm³/mol. The van der Waals surface area contributed by atoms with Crippen molar-refractivity contribution in [2.24, 2.45) is 4.99 Å². The van der Waals surface area contributed by atoms with Gasteiger partial charge in [0, 0.05) is 11.6 Å². The summed E-state index contributed by atoms with van der Waals surface area (Å²) in [7, 11) is 0. The highest BCUT2D eigenvalue weighted by molar-refractivity contribution is 8.18. The van der Waals surface area contributed by atoms with Crippen LogP contribution in [0.3, 0.4) is 0 Å². The molecular formula is C25H23N3O4S. The summed E-state index contributed by atoms with van der Waals surface area (Å²) in [6, 6.07) is 17.3. The van der Waals surface area contributed by atoms with Crippen molar-refractivity contribution in [3.63, 3.8) is 0 Å². The lowest BCUT2D eigenvalue weighted by atomic mass is 10.1. The first-order valence-electron chi connectivity index (χ1n) is 10.4. The third-order valence-electron chi connectivity index (χ3n) is 4.49. The van der Waals surface area contributed by atoms with Gasteiger partial charge in [0.15, 0.2) is 5.17 Å². The molecule has 0 unspecified atom stereocenters. The maximum Gasteiger partial charge on any atom is 0.413 e. The minimum Gasteiger partial charge on any atom is -0.457 e. The first kappa shape index (κ1) is 22.5. The van der Waals surface area contributed by atoms with Gasteiger partial charge in [0.05, 0.1) is 10.4 Å². The number of thioether (sulfide) groups is 1. The summed E-state index contributed by atoms with van der Waals surface area (Å²) < 4.78 is 11.2. The summed E-state index contributed by atoms with van der Waals surface area (Å²) in [4.78, 5) is 32.9. The van der Waals surface area contributed by atoms with E-state index in [1.165, 1.54) is 0 Å². The summed E-state index contributed by atoms with van der Waals surface area (Å²) in [6.07, 6.45) is 3.39. The van der Waals surface area contributed by atoms with Crippen molar-refractivity contribution in [3.8, 4) is 11.5 Å². The van der Waals surface area contributed by atoms with E-state index in [2.05, 4.69) is 15.3 Å². The van der Waals surface area contributed by atoms with Gasteiger partial charge in [-0.3, -0.25) is 15.1 Å². The summed E-state index contributed by atoms with van der Waals surface area (Å²) in [5, 5.41) is 3.60. The largest absolute Gasteiger partial charge is 0.457 e. The quantitative estimate of drug-likeness (QED) is 0.508. The van der Waals surface area contributed by atoms with Crippen LogP contribution in [0, 0.1) is 0 Å². The van der Waals surface area contributed by atoms with Gasteiger partial charge in [-0.15, -0.1) is 0 Å². The van der Waals surface area contributed by atoms with Crippen LogP contribution in [-0.4, -0.2) is 27.8 Å². The molecule has 0 fully saturated rings. The van der Waals surface area contributed by atoms with E-state index in [9.17, 15) is 9.59 Å². The molecule has 1 aliphatic heterocycles. The van der Waals surface area contributed by atoms with Crippen molar-refractivity contribution in [2.45, 2.75) is 32.8 Å². The maximum atomic E-state index is 12.2. The zero-order chi connectivity index (χ0) is 23.4. The van der Waals surface area contributed by atoms with Gasteiger partial charge in [-0.25, -0.2) is 4.79 Å². The molecule has 0 saturated heterocycles. The molecule has 4 rings (SSSR count). The number of nitrogens with one attached hydrogen (secondary N) is 1. The molecule has 0 spiro atoms. The Labute approximate surface area is 195 Å². The molecule has 0 atom stereocenters. The highest BCUT2D eigenvalue weighted by Crippen LogP contribution is 2.30. The first-order chi connectivity index (χ1) is 15.8. The summed E-state index contributed by atoms with van der Waals surface area (Å²) in [6.45, 7) is 5.30. The minimum absolute atomic E-state index is 0.210. The molecule has 0 radical (unpaired) electrons. The van der Waals surface area contributed by atoms with Crippen LogP contribution in [0.5, 0.6) is 11.5 Å². The van der Waals surface area contributed by atoms with Gasteiger partial charge in [0.25, 0.3) is 5.91 Å². The van der Waals surface area contributed by atoms with Crippen LogP contribution in [0.2, 0.25) is 0 Å². The minimum atomic E-state index is -0.643. The van der Waals surface area contributed by atoms with E-state index in [1.807, 2.05) is 54.6 Å². The highest BCUT2D eigenvalue weighted by Gasteiger charge is 2.25. The van der Waals surface area contributed by atoms with Gasteiger partial charge in [-0.05, 0) is 74.8 Å². The Morgan fingerprint density at radius 1 is 1.12 bits per heavy atom. The van der Waals surface area contributed by atoms with Crippen LogP contribution >= 0.6 is 11.8 Å². The van der Waals surface area contributed by atoms with Crippen LogP contribution < -0.4 is 10.1 Å². The van der Waals surface area contributed by atoms with E-state index < -0.39 is 11.7 Å². The molecule has 2 amide bonds. The van der Waals surface area contributed by atoms with E-state index in [0.717, 1.165) is 34.0 Å². The van der Waals surface area contributed by atoms with Gasteiger partial charge < -0.3 is 9.47 Å². The third-order valence-corrected chi connectivity index (χ3v) is 5.44. The second kappa shape index (κ2) is 9.46. The molecule has 1 N–H and O–H groups in total. The highest BCUT2D eigenvalue weighted by atomic mass is 32.2. The number of hydrogen-bond acceptors (Lipinski definition) is 6. The number of amidine groups is 1. The molecule has 2 aromatic carbocycles. The normalized spacial score (nSPS) is 14.9. The Kier molecular flexibility index (Phi) is 6.46. The molecule has 3 aromatic rings. The molecule has 7 nitrogen and oxygen atoms in total. The molecule has 1 aliphatic rings. The molecule has 8 heteroatoms. The van der Waals surface area contributed by atoms with E-state index >= 15 is 0 Å². The summed E-state index contributed by atoms with van der Waals surface area (Å²) >= 11 is 1.11. The summed E-state index contributed by atoms with van der Waals surface area (Å²) in [5.74, 6) is 1.06. The fourth-order valence-corrected chi connectivity index (χ4v) is 3.87. The molecule has 0 aliphatic carbocycles. The van der Waals surface area contributed by atoms with Gasteiger partial charge >= 0.3 is 6.09 Å². The molecule has 0 saturated carbocycles. The Bertz CT molecular complexity index is 1260. The molecule has 0 bridgehead atoms. The van der Waals surface area contributed by atoms with Crippen LogP contribution in [0.15, 0.2) is 76.8 Å². The number of para-hydroxylation sites is 1. The van der Waals surface area contributed by atoms with Gasteiger partial charge in [-0.2, -0.15) is 4.99 Å². The number of fused-ring (bicyclic) bond motifs is 1. The van der Waals surface area contributed by atoms with Crippen molar-refractivity contribution < 1.29 is 19.1 Å². The second-order valence-electron chi connectivity index (χ2n) is 8.30. The topological polar surface area (TPSA) is 89.9 Å². The standard InChI is InChI=1S/C25H23N3O4S/c1-25(2,3)32-24(30)28-23-27-22(29)21(33-23)12-10-16-9-11-19-18(15-16)20(13-14-26-19)31-17-7-5-4-6-8-17/h4-9,11-15H,10H2,1-3H3,(H,27,28,29,30)/b21-12-. The van der Waals surface area contributed by atoms with Crippen molar-refractivity contribution in [1.82, 2.24) is 10.3 Å². The molecule has 33 heavy (non-hydrogen) atoms. The molecule has 168 valence electrons. The van der Waals surface area contributed by atoms with E-state index in [1.54, 1.807) is 33.0 Å². The number of aliphatic imine (C=N–C) groups is 1. The lowest BCUT2D eigenvalue weighted by molar-refractivity contribution is -0.113. The monoisotopic (exact) mass is 461 g/mol. The zero-order valence-electron chi connectivity index (χ0n) is 18.5. The van der Waals surface area contributed by atoms with Crippen molar-refractivity contribution in [3.05, 3.63) is 77.3 Å². The fraction of sp³-hybridized carbons (Fsp3) is 0.200. The lowest BCUT2D eigenvalue weighted by Crippen LogP contribution is -2.34. The number of carbonyl (C=O) groups is 2. The van der Waals surface area contributed by atoms with E-state index in [4.69, 9.17) is 9.47 Å². The number of allylic oxidation sites excluding steroid dienone is 1. The Morgan fingerprint density at radius 3 is 2.67 bits per heavy atom. The Hall–Kier alpha value is -3.65. The maximum absolute atomic E-state index is 12.2. The van der Waals surface area contributed by atoms with Crippen molar-refractivity contribution >= 4 is 39.8 Å². The van der Waals surface area contributed by atoms with E-state index in [0.29, 0.717) is 17.1 Å². The van der Waals surface area contributed by atoms with Crippen LogP contribution in [0.25, 0.3) is 10.9 Å². The van der Waals surface area contributed by atoms with Crippen molar-refractivity contribution in [1.29, 1.82) is 0 Å². The van der Waals surface area contributed by atoms with Crippen LogP contribution in [0.1, 0.15) is 26.3 Å². The van der Waals surface area contributed by atoms with E-state index in [-0.39, 0.29) is 11.1 Å². The average molecular weight is 462 g/mol. The number of ether oxygens (including phenoxy) is 2. The van der Waals surface area contributed by atoms with Gasteiger partial charge in [0.2, 0.25) is 0 Å². The Balaban J connectivity index is 1.46. The first-order valence-corrected chi connectivity index (χ1v) is 11.2. The smallest absolute Gasteiger partial charge is 0.413 e. The lowest BCUT2D eigenvalue weighted by Gasteiger charge is -2.19. The van der Waals surface area contributed by atoms with Crippen LogP contribution in [-0.2, 0) is 16.0 Å². The number of carbonyl (C=O) groups excluding carboxylic acids is 2. The summed E-state index contributed by atoms with van der Waals surface area (Å²) in [5.41, 5.74) is 1.17. The number of rotatable bonds is 4. The molecule has 1 aromatic heterocycles. The number of nitrogens with zero attached hydrogens (tertiary/aromatic N) is 2. The Morgan fingerprint density at radius 2 is 1.91 bits per heavy atom. The number of pyridine rings is 1.